The summed E-state index contributed by atoms with van der Waals surface area (Å²) in [6.07, 6.45) is -1.88. The summed E-state index contributed by atoms with van der Waals surface area (Å²) < 4.78 is 11.9. The molecule has 1 rings (SSSR count). The van der Waals surface area contributed by atoms with E-state index >= 15 is 0 Å². The predicted octanol–water partition coefficient (Wildman–Crippen LogP) is 0.0339. The van der Waals surface area contributed by atoms with E-state index in [2.05, 4.69) is 4.98 Å². The van der Waals surface area contributed by atoms with Crippen LogP contribution in [0.3, 0.4) is 0 Å². The smallest absolute Gasteiger partial charge is 0.330 e. The first-order valence-electron chi connectivity index (χ1n) is 8.86. The van der Waals surface area contributed by atoms with E-state index in [-0.39, 0.29) is 12.5 Å². The molecule has 0 saturated heterocycles. The van der Waals surface area contributed by atoms with Gasteiger partial charge in [-0.2, -0.15) is 0 Å². The van der Waals surface area contributed by atoms with Gasteiger partial charge in [0.1, 0.15) is 18.4 Å². The molecule has 0 amide bonds. The standard InChI is InChI=1S/C13H24N2O8P2.C2H6.CH4O/c1-8-4-15(13(19)14-12(8)18)9(2)23-11(10(17)5-16)6-22-25(21)7-24(3)20;2*1-2/h4,9-11,16-17,20-21H,5-7H2,1-3H3,(H,14,18,19);1-2H3;2H,1H3. The first kappa shape index (κ1) is 30.5. The van der Waals surface area contributed by atoms with Crippen LogP contribution in [0.1, 0.15) is 32.6 Å². The van der Waals surface area contributed by atoms with Gasteiger partial charge in [0, 0.05) is 27.0 Å². The highest BCUT2D eigenvalue weighted by atomic mass is 31.2. The fourth-order valence-electron chi connectivity index (χ4n) is 1.91. The van der Waals surface area contributed by atoms with E-state index in [0.717, 1.165) is 11.7 Å². The number of aryl methyl sites for hydroxylation is 1. The van der Waals surface area contributed by atoms with Crippen LogP contribution in [-0.4, -0.2) is 79.8 Å². The second kappa shape index (κ2) is 17.0. The van der Waals surface area contributed by atoms with Crippen molar-refractivity contribution in [2.24, 2.45) is 0 Å². The Kier molecular flexibility index (Phi) is 17.8. The van der Waals surface area contributed by atoms with Crippen molar-refractivity contribution in [2.75, 3.05) is 32.9 Å². The third-order valence-electron chi connectivity index (χ3n) is 3.24. The number of hydrogen-bond acceptors (Lipinski definition) is 9. The van der Waals surface area contributed by atoms with Gasteiger partial charge in [0.25, 0.3) is 5.56 Å². The highest BCUT2D eigenvalue weighted by Crippen LogP contribution is 2.44. The number of aliphatic hydroxyl groups excluding tert-OH is 3. The number of rotatable bonds is 10. The lowest BCUT2D eigenvalue weighted by atomic mass is 10.2. The Hall–Kier alpha value is -0.740. The number of aliphatic hydroxyl groups is 3. The van der Waals surface area contributed by atoms with Crippen LogP contribution in [0.25, 0.3) is 0 Å². The van der Waals surface area contributed by atoms with Crippen LogP contribution in [0.5, 0.6) is 0 Å². The molecule has 0 aliphatic heterocycles. The molecule has 5 atom stereocenters. The number of hydrogen-bond donors (Lipinski definition) is 6. The second-order valence-corrected chi connectivity index (χ2v) is 8.86. The van der Waals surface area contributed by atoms with Crippen LogP contribution in [-0.2, 0) is 9.26 Å². The molecule has 1 aromatic rings. The third-order valence-corrected chi connectivity index (χ3v) is 6.29. The fourth-order valence-corrected chi connectivity index (χ4v) is 3.96. The fraction of sp³-hybridized carbons (Fsp3) is 0.750. The minimum Gasteiger partial charge on any atom is -0.400 e. The van der Waals surface area contributed by atoms with Gasteiger partial charge in [-0.15, -0.1) is 0 Å². The monoisotopic (exact) mass is 460 g/mol. The average Bonchev–Trinajstić information content (AvgIpc) is 2.69. The number of H-pyrrole nitrogens is 1. The molecule has 1 heterocycles. The first-order chi connectivity index (χ1) is 13.6. The molecule has 0 spiro atoms. The van der Waals surface area contributed by atoms with Crippen LogP contribution in [0, 0.1) is 6.92 Å². The Balaban J connectivity index is 0. The molecule has 1 aromatic heterocycles. The van der Waals surface area contributed by atoms with Gasteiger partial charge in [0.2, 0.25) is 0 Å². The van der Waals surface area contributed by atoms with Crippen LogP contribution in [0.15, 0.2) is 15.8 Å². The van der Waals surface area contributed by atoms with Crippen LogP contribution in [0.2, 0.25) is 0 Å². The van der Waals surface area contributed by atoms with Crippen molar-refractivity contribution in [1.82, 2.24) is 9.55 Å². The molecular weight excluding hydrogens is 426 g/mol. The summed E-state index contributed by atoms with van der Waals surface area (Å²) in [5.74, 6) is 0.0980. The van der Waals surface area contributed by atoms with Crippen molar-refractivity contribution in [1.29, 1.82) is 0 Å². The summed E-state index contributed by atoms with van der Waals surface area (Å²) in [7, 11) is -2.22. The van der Waals surface area contributed by atoms with Crippen molar-refractivity contribution in [3.8, 4) is 0 Å². The molecular formula is C16H34N2O9P2. The van der Waals surface area contributed by atoms with E-state index in [1.807, 2.05) is 13.8 Å². The number of aromatic nitrogens is 2. The molecule has 0 saturated carbocycles. The molecule has 172 valence electrons. The van der Waals surface area contributed by atoms with Crippen molar-refractivity contribution >= 4 is 16.5 Å². The minimum atomic E-state index is -1.89. The Labute approximate surface area is 172 Å². The molecule has 0 radical (unpaired) electrons. The van der Waals surface area contributed by atoms with Gasteiger partial charge in [-0.25, -0.2) is 4.79 Å². The quantitative estimate of drug-likeness (QED) is 0.263. The van der Waals surface area contributed by atoms with E-state index in [1.165, 1.54) is 20.0 Å². The van der Waals surface area contributed by atoms with Crippen molar-refractivity contribution in [3.63, 3.8) is 0 Å². The molecule has 0 aromatic carbocycles. The number of nitrogens with zero attached hydrogens (tertiary/aromatic N) is 1. The Morgan fingerprint density at radius 1 is 1.24 bits per heavy atom. The molecule has 5 unspecified atom stereocenters. The third kappa shape index (κ3) is 11.9. The summed E-state index contributed by atoms with van der Waals surface area (Å²) in [5, 5.41) is 26.0. The lowest BCUT2D eigenvalue weighted by Crippen LogP contribution is -2.40. The SMILES string of the molecule is CC.CO.Cc1cn(C(C)OC(COP(O)CP(C)O)C(O)CO)c(=O)[nH]c1=O. The van der Waals surface area contributed by atoms with Crippen LogP contribution >= 0.6 is 16.5 Å². The largest absolute Gasteiger partial charge is 0.400 e. The minimum absolute atomic E-state index is 0.0980. The van der Waals surface area contributed by atoms with E-state index in [1.54, 1.807) is 6.66 Å². The van der Waals surface area contributed by atoms with Crippen molar-refractivity contribution in [2.45, 2.75) is 46.1 Å². The van der Waals surface area contributed by atoms with Gasteiger partial charge in [0.05, 0.1) is 19.1 Å². The summed E-state index contributed by atoms with van der Waals surface area (Å²) >= 11 is 0. The molecule has 0 aliphatic carbocycles. The molecule has 0 bridgehead atoms. The summed E-state index contributed by atoms with van der Waals surface area (Å²) in [6, 6.07) is 0. The normalized spacial score (nSPS) is 15.7. The van der Waals surface area contributed by atoms with Gasteiger partial charge in [-0.3, -0.25) is 14.3 Å². The van der Waals surface area contributed by atoms with E-state index in [4.69, 9.17) is 19.5 Å². The highest BCUT2D eigenvalue weighted by molar-refractivity contribution is 7.66. The molecule has 13 heteroatoms. The maximum atomic E-state index is 11.9. The molecule has 29 heavy (non-hydrogen) atoms. The van der Waals surface area contributed by atoms with Crippen LogP contribution < -0.4 is 11.2 Å². The Morgan fingerprint density at radius 2 is 1.79 bits per heavy atom. The Morgan fingerprint density at radius 3 is 2.28 bits per heavy atom. The maximum absolute atomic E-state index is 11.9. The zero-order valence-electron chi connectivity index (χ0n) is 17.6. The summed E-state index contributed by atoms with van der Waals surface area (Å²) in [4.78, 5) is 44.4. The maximum Gasteiger partial charge on any atom is 0.330 e. The molecule has 0 fully saturated rings. The van der Waals surface area contributed by atoms with Gasteiger partial charge in [0.15, 0.2) is 8.38 Å². The predicted molar refractivity (Wildman–Crippen MR) is 113 cm³/mol. The van der Waals surface area contributed by atoms with Crippen molar-refractivity contribution in [3.05, 3.63) is 32.6 Å². The van der Waals surface area contributed by atoms with E-state index in [9.17, 15) is 24.5 Å². The highest BCUT2D eigenvalue weighted by Gasteiger charge is 2.25. The zero-order valence-corrected chi connectivity index (χ0v) is 19.4. The first-order valence-corrected chi connectivity index (χ1v) is 12.2. The van der Waals surface area contributed by atoms with Gasteiger partial charge >= 0.3 is 5.69 Å². The average molecular weight is 460 g/mol. The topological polar surface area (TPSA) is 174 Å². The van der Waals surface area contributed by atoms with Gasteiger partial charge in [-0.1, -0.05) is 13.8 Å². The second-order valence-electron chi connectivity index (χ2n) is 5.45. The zero-order chi connectivity index (χ0) is 23.1. The molecule has 6 N–H and O–H groups in total. The van der Waals surface area contributed by atoms with E-state index < -0.39 is 52.8 Å². The molecule has 11 nitrogen and oxygen atoms in total. The van der Waals surface area contributed by atoms with Gasteiger partial charge < -0.3 is 34.4 Å². The Bertz CT molecular complexity index is 654. The number of ether oxygens (including phenoxy) is 1. The lowest BCUT2D eigenvalue weighted by molar-refractivity contribution is -0.124. The molecule has 0 aliphatic rings. The lowest BCUT2D eigenvalue weighted by Gasteiger charge is -2.27. The number of aromatic amines is 1. The summed E-state index contributed by atoms with van der Waals surface area (Å²) in [6.45, 7) is 7.77. The number of nitrogens with one attached hydrogen (secondary N) is 1. The van der Waals surface area contributed by atoms with Crippen molar-refractivity contribution < 1.29 is 34.4 Å². The van der Waals surface area contributed by atoms with Crippen LogP contribution in [0.4, 0.5) is 0 Å². The van der Waals surface area contributed by atoms with Gasteiger partial charge in [-0.05, 0) is 20.5 Å². The summed E-state index contributed by atoms with van der Waals surface area (Å²) in [5.41, 5.74) is -0.874. The van der Waals surface area contributed by atoms with E-state index in [0.29, 0.717) is 5.56 Å².